The highest BCUT2D eigenvalue weighted by atomic mass is 16.5. The molecule has 1 unspecified atom stereocenters. The Kier molecular flexibility index (Phi) is 12.2. The summed E-state index contributed by atoms with van der Waals surface area (Å²) in [6.07, 6.45) is 15.1. The topological polar surface area (TPSA) is 61.8 Å². The van der Waals surface area contributed by atoms with Crippen molar-refractivity contribution in [3.8, 4) is 0 Å². The van der Waals surface area contributed by atoms with Crippen molar-refractivity contribution in [3.63, 3.8) is 0 Å². The molecule has 0 bridgehead atoms. The molecule has 5 nitrogen and oxygen atoms in total. The van der Waals surface area contributed by atoms with Crippen LogP contribution in [0.5, 0.6) is 0 Å². The Hall–Kier alpha value is -1.36. The summed E-state index contributed by atoms with van der Waals surface area (Å²) in [7, 11) is 0. The number of ether oxygens (including phenoxy) is 3. The molecule has 2 rings (SSSR count). The summed E-state index contributed by atoms with van der Waals surface area (Å²) in [6, 6.07) is 0. The van der Waals surface area contributed by atoms with Gasteiger partial charge in [-0.2, -0.15) is 0 Å². The molecule has 0 aromatic rings. The van der Waals surface area contributed by atoms with Gasteiger partial charge in [-0.05, 0) is 88.9 Å². The Morgan fingerprint density at radius 2 is 1.58 bits per heavy atom. The Bertz CT molecular complexity index is 530. The molecular formula is C26H44O5. The van der Waals surface area contributed by atoms with Crippen LogP contribution >= 0.6 is 0 Å². The number of carbonyl (C=O) groups excluding carboxylic acids is 2. The first-order chi connectivity index (χ1) is 15.0. The lowest BCUT2D eigenvalue weighted by molar-refractivity contribution is -0.158. The minimum atomic E-state index is -0.360. The molecule has 0 heterocycles. The number of esters is 2. The van der Waals surface area contributed by atoms with Crippen LogP contribution in [0.25, 0.3) is 0 Å². The third-order valence-corrected chi connectivity index (χ3v) is 7.07. The summed E-state index contributed by atoms with van der Waals surface area (Å²) in [5.41, 5.74) is 0. The van der Waals surface area contributed by atoms with Gasteiger partial charge in [0.2, 0.25) is 0 Å². The predicted octanol–water partition coefficient (Wildman–Crippen LogP) is 6.00. The zero-order chi connectivity index (χ0) is 22.5. The highest BCUT2D eigenvalue weighted by molar-refractivity contribution is 5.81. The second-order valence-electron chi connectivity index (χ2n) is 9.61. The monoisotopic (exact) mass is 436 g/mol. The van der Waals surface area contributed by atoms with Crippen molar-refractivity contribution in [1.82, 2.24) is 0 Å². The van der Waals surface area contributed by atoms with Gasteiger partial charge in [-0.1, -0.05) is 26.8 Å². The van der Waals surface area contributed by atoms with Crippen LogP contribution in [0.3, 0.4) is 0 Å². The van der Waals surface area contributed by atoms with E-state index in [1.807, 2.05) is 0 Å². The fraction of sp³-hybridized carbons (Fsp3) is 0.846. The lowest BCUT2D eigenvalue weighted by Crippen LogP contribution is -2.32. The molecule has 5 heteroatoms. The molecule has 0 spiro atoms. The molecule has 2 aliphatic carbocycles. The maximum absolute atomic E-state index is 12.6. The van der Waals surface area contributed by atoms with Crippen LogP contribution in [0.15, 0.2) is 12.7 Å². The molecule has 0 aromatic carbocycles. The number of hydrogen-bond acceptors (Lipinski definition) is 5. The maximum Gasteiger partial charge on any atom is 0.330 e. The largest absolute Gasteiger partial charge is 0.463 e. The quantitative estimate of drug-likeness (QED) is 0.201. The van der Waals surface area contributed by atoms with Gasteiger partial charge in [0.05, 0.1) is 18.6 Å². The highest BCUT2D eigenvalue weighted by Gasteiger charge is 2.31. The number of rotatable bonds is 13. The summed E-state index contributed by atoms with van der Waals surface area (Å²) in [5.74, 6) is 1.35. The lowest BCUT2D eigenvalue weighted by Gasteiger charge is -2.32. The Labute approximate surface area is 189 Å². The zero-order valence-electron chi connectivity index (χ0n) is 19.8. The van der Waals surface area contributed by atoms with Gasteiger partial charge in [0.15, 0.2) is 0 Å². The SMILES string of the molecule is C=CC(=O)OCCCCCOC1CCC(C(=O)OC2CCC(CC(C)CC)CC2)CC1. The van der Waals surface area contributed by atoms with Crippen molar-refractivity contribution < 1.29 is 23.8 Å². The molecule has 2 saturated carbocycles. The van der Waals surface area contributed by atoms with Crippen LogP contribution in [-0.4, -0.2) is 37.4 Å². The van der Waals surface area contributed by atoms with Gasteiger partial charge in [-0.15, -0.1) is 0 Å². The van der Waals surface area contributed by atoms with Gasteiger partial charge in [-0.25, -0.2) is 4.79 Å². The minimum absolute atomic E-state index is 0.0258. The molecule has 2 fully saturated rings. The van der Waals surface area contributed by atoms with Gasteiger partial charge in [-0.3, -0.25) is 4.79 Å². The first-order valence-electron chi connectivity index (χ1n) is 12.6. The molecule has 0 aromatic heterocycles. The zero-order valence-corrected chi connectivity index (χ0v) is 19.8. The summed E-state index contributed by atoms with van der Waals surface area (Å²) in [4.78, 5) is 23.6. The van der Waals surface area contributed by atoms with Crippen molar-refractivity contribution in [3.05, 3.63) is 12.7 Å². The summed E-state index contributed by atoms with van der Waals surface area (Å²) < 4.78 is 16.8. The van der Waals surface area contributed by atoms with Crippen LogP contribution in [0, 0.1) is 17.8 Å². The fourth-order valence-electron chi connectivity index (χ4n) is 4.81. The van der Waals surface area contributed by atoms with E-state index in [4.69, 9.17) is 14.2 Å². The molecule has 31 heavy (non-hydrogen) atoms. The average molecular weight is 437 g/mol. The molecule has 0 saturated heterocycles. The third kappa shape index (κ3) is 10.2. The molecule has 178 valence electrons. The first-order valence-corrected chi connectivity index (χ1v) is 12.6. The van der Waals surface area contributed by atoms with E-state index in [-0.39, 0.29) is 30.1 Å². The second kappa shape index (κ2) is 14.7. The molecule has 2 aliphatic rings. The lowest BCUT2D eigenvalue weighted by atomic mass is 9.81. The van der Waals surface area contributed by atoms with Crippen molar-refractivity contribution in [2.24, 2.45) is 17.8 Å². The van der Waals surface area contributed by atoms with Crippen LogP contribution < -0.4 is 0 Å². The summed E-state index contributed by atoms with van der Waals surface area (Å²) in [5, 5.41) is 0. The van der Waals surface area contributed by atoms with E-state index in [9.17, 15) is 9.59 Å². The van der Waals surface area contributed by atoms with E-state index < -0.39 is 0 Å². The number of unbranched alkanes of at least 4 members (excludes halogenated alkanes) is 2. The van der Waals surface area contributed by atoms with Gasteiger partial charge in [0, 0.05) is 12.7 Å². The van der Waals surface area contributed by atoms with E-state index in [0.717, 1.165) is 76.2 Å². The normalized spacial score (nSPS) is 27.3. The average Bonchev–Trinajstić information content (AvgIpc) is 2.79. The first kappa shape index (κ1) is 25.9. The molecule has 0 N–H and O–H groups in total. The Morgan fingerprint density at radius 1 is 0.935 bits per heavy atom. The second-order valence-corrected chi connectivity index (χ2v) is 9.61. The molecular weight excluding hydrogens is 392 g/mol. The van der Waals surface area contributed by atoms with Crippen molar-refractivity contribution in [2.45, 2.75) is 110 Å². The van der Waals surface area contributed by atoms with E-state index >= 15 is 0 Å². The smallest absolute Gasteiger partial charge is 0.330 e. The predicted molar refractivity (Wildman–Crippen MR) is 123 cm³/mol. The van der Waals surface area contributed by atoms with Crippen molar-refractivity contribution >= 4 is 11.9 Å². The van der Waals surface area contributed by atoms with E-state index in [2.05, 4.69) is 20.4 Å². The fourth-order valence-corrected chi connectivity index (χ4v) is 4.81. The van der Waals surface area contributed by atoms with E-state index in [0.29, 0.717) is 6.61 Å². The number of carbonyl (C=O) groups is 2. The molecule has 0 radical (unpaired) electrons. The Morgan fingerprint density at radius 3 is 2.23 bits per heavy atom. The summed E-state index contributed by atoms with van der Waals surface area (Å²) in [6.45, 7) is 9.16. The minimum Gasteiger partial charge on any atom is -0.463 e. The van der Waals surface area contributed by atoms with Crippen LogP contribution in [0.2, 0.25) is 0 Å². The van der Waals surface area contributed by atoms with Crippen LogP contribution in [-0.2, 0) is 23.8 Å². The highest BCUT2D eigenvalue weighted by Crippen LogP contribution is 2.33. The van der Waals surface area contributed by atoms with E-state index in [1.165, 1.54) is 31.8 Å². The van der Waals surface area contributed by atoms with Crippen LogP contribution in [0.4, 0.5) is 0 Å². The standard InChI is InChI=1S/C26H44O5/c1-4-20(3)19-21-9-13-24(14-10-21)31-26(28)22-11-15-23(16-12-22)29-17-7-6-8-18-30-25(27)5-2/h5,20-24H,2,4,6-19H2,1,3H3. The third-order valence-electron chi connectivity index (χ3n) is 7.07. The Balaban J connectivity index is 1.51. The van der Waals surface area contributed by atoms with Gasteiger partial charge in [0.1, 0.15) is 6.10 Å². The van der Waals surface area contributed by atoms with Crippen LogP contribution in [0.1, 0.15) is 97.3 Å². The van der Waals surface area contributed by atoms with Gasteiger partial charge in [0.25, 0.3) is 0 Å². The molecule has 1 atom stereocenters. The van der Waals surface area contributed by atoms with Crippen molar-refractivity contribution in [2.75, 3.05) is 13.2 Å². The molecule has 0 aliphatic heterocycles. The summed E-state index contributed by atoms with van der Waals surface area (Å²) >= 11 is 0. The van der Waals surface area contributed by atoms with E-state index in [1.54, 1.807) is 0 Å². The number of hydrogen-bond donors (Lipinski definition) is 0. The maximum atomic E-state index is 12.6. The van der Waals surface area contributed by atoms with Gasteiger partial charge < -0.3 is 14.2 Å². The van der Waals surface area contributed by atoms with Crippen molar-refractivity contribution in [1.29, 1.82) is 0 Å². The molecule has 0 amide bonds. The van der Waals surface area contributed by atoms with Gasteiger partial charge >= 0.3 is 11.9 Å².